The molecule has 1 atom stereocenters. The minimum atomic E-state index is -0.109. The summed E-state index contributed by atoms with van der Waals surface area (Å²) in [6.07, 6.45) is 6.97. The normalized spacial score (nSPS) is 16.6. The third kappa shape index (κ3) is 4.97. The topological polar surface area (TPSA) is 29.5 Å². The molecule has 0 heterocycles. The van der Waals surface area contributed by atoms with Gasteiger partial charge in [0.15, 0.2) is 0 Å². The first kappa shape index (κ1) is 14.3. The molecular formula is C14H27NO2. The van der Waals surface area contributed by atoms with Crippen LogP contribution in [0, 0.1) is 5.92 Å². The summed E-state index contributed by atoms with van der Waals surface area (Å²) in [5.41, 5.74) is 0. The third-order valence-electron chi connectivity index (χ3n) is 3.46. The first-order valence-corrected chi connectivity index (χ1v) is 7.16. The van der Waals surface area contributed by atoms with Gasteiger partial charge in [-0.2, -0.15) is 0 Å². The average molecular weight is 241 g/mol. The Bertz CT molecular complexity index is 226. The van der Waals surface area contributed by atoms with E-state index >= 15 is 0 Å². The minimum absolute atomic E-state index is 0.109. The van der Waals surface area contributed by atoms with Crippen LogP contribution in [0.5, 0.6) is 0 Å². The van der Waals surface area contributed by atoms with Crippen LogP contribution in [0.2, 0.25) is 0 Å². The van der Waals surface area contributed by atoms with Crippen molar-refractivity contribution in [3.8, 4) is 0 Å². The second-order valence-electron chi connectivity index (χ2n) is 5.00. The van der Waals surface area contributed by atoms with Crippen molar-refractivity contribution in [1.82, 2.24) is 4.90 Å². The van der Waals surface area contributed by atoms with Crippen LogP contribution >= 0.6 is 0 Å². The molecule has 0 aliphatic heterocycles. The molecular weight excluding hydrogens is 214 g/mol. The smallest absolute Gasteiger partial charge is 0.410 e. The molecule has 0 radical (unpaired) electrons. The zero-order valence-electron chi connectivity index (χ0n) is 11.6. The monoisotopic (exact) mass is 241 g/mol. The highest BCUT2D eigenvalue weighted by Gasteiger charge is 2.30. The molecule has 0 aromatic rings. The van der Waals surface area contributed by atoms with E-state index in [-0.39, 0.29) is 6.09 Å². The van der Waals surface area contributed by atoms with Crippen molar-refractivity contribution in [3.63, 3.8) is 0 Å². The van der Waals surface area contributed by atoms with Crippen LogP contribution in [0.1, 0.15) is 59.3 Å². The number of hydrogen-bond acceptors (Lipinski definition) is 2. The van der Waals surface area contributed by atoms with Crippen molar-refractivity contribution in [2.24, 2.45) is 5.92 Å². The van der Waals surface area contributed by atoms with Gasteiger partial charge in [-0.05, 0) is 38.5 Å². The number of amides is 1. The maximum atomic E-state index is 12.0. The number of carbonyl (C=O) groups is 1. The Hall–Kier alpha value is -0.730. The van der Waals surface area contributed by atoms with Crippen molar-refractivity contribution in [2.45, 2.75) is 65.3 Å². The van der Waals surface area contributed by atoms with Crippen molar-refractivity contribution in [2.75, 3.05) is 13.2 Å². The van der Waals surface area contributed by atoms with Crippen molar-refractivity contribution in [1.29, 1.82) is 0 Å². The number of carbonyl (C=O) groups excluding carboxylic acids is 1. The maximum absolute atomic E-state index is 12.0. The van der Waals surface area contributed by atoms with Crippen LogP contribution in [0.25, 0.3) is 0 Å². The number of rotatable bonds is 8. The fourth-order valence-electron chi connectivity index (χ4n) is 2.18. The van der Waals surface area contributed by atoms with E-state index < -0.39 is 0 Å². The molecule has 100 valence electrons. The van der Waals surface area contributed by atoms with Crippen molar-refractivity contribution in [3.05, 3.63) is 0 Å². The lowest BCUT2D eigenvalue weighted by molar-refractivity contribution is 0.0840. The third-order valence-corrected chi connectivity index (χ3v) is 3.46. The highest BCUT2D eigenvalue weighted by molar-refractivity contribution is 5.68. The SMILES string of the molecule is CCCCC(CC)N(CC1CC1)C(=O)OCC. The van der Waals surface area contributed by atoms with E-state index in [4.69, 9.17) is 4.74 Å². The summed E-state index contributed by atoms with van der Waals surface area (Å²) in [5, 5.41) is 0. The lowest BCUT2D eigenvalue weighted by Crippen LogP contribution is -2.41. The fourth-order valence-corrected chi connectivity index (χ4v) is 2.18. The predicted molar refractivity (Wildman–Crippen MR) is 70.1 cm³/mol. The van der Waals surface area contributed by atoms with Gasteiger partial charge in [0.05, 0.1) is 6.61 Å². The predicted octanol–water partition coefficient (Wildman–Crippen LogP) is 3.82. The summed E-state index contributed by atoms with van der Waals surface area (Å²) in [5.74, 6) is 0.732. The molecule has 3 nitrogen and oxygen atoms in total. The van der Waals surface area contributed by atoms with Gasteiger partial charge in [0.1, 0.15) is 0 Å². The Balaban J connectivity index is 2.53. The van der Waals surface area contributed by atoms with Gasteiger partial charge in [-0.25, -0.2) is 4.79 Å². The molecule has 0 spiro atoms. The second kappa shape index (κ2) is 7.57. The van der Waals surface area contributed by atoms with Crippen molar-refractivity contribution >= 4 is 6.09 Å². The zero-order chi connectivity index (χ0) is 12.7. The standard InChI is InChI=1S/C14H27NO2/c1-4-7-8-13(5-2)15(11-12-9-10-12)14(16)17-6-3/h12-13H,4-11H2,1-3H3. The lowest BCUT2D eigenvalue weighted by Gasteiger charge is -2.30. The Morgan fingerprint density at radius 2 is 2.06 bits per heavy atom. The molecule has 0 N–H and O–H groups in total. The molecule has 0 aromatic carbocycles. The Labute approximate surface area is 106 Å². The number of ether oxygens (including phenoxy) is 1. The number of hydrogen-bond donors (Lipinski definition) is 0. The van der Waals surface area contributed by atoms with Gasteiger partial charge >= 0.3 is 6.09 Å². The van der Waals surface area contributed by atoms with Crippen LogP contribution in [0.3, 0.4) is 0 Å². The molecule has 1 fully saturated rings. The van der Waals surface area contributed by atoms with Crippen LogP contribution < -0.4 is 0 Å². The molecule has 1 rings (SSSR count). The molecule has 1 aliphatic rings. The summed E-state index contributed by atoms with van der Waals surface area (Å²) >= 11 is 0. The zero-order valence-corrected chi connectivity index (χ0v) is 11.6. The van der Waals surface area contributed by atoms with Crippen LogP contribution in [0.4, 0.5) is 4.79 Å². The van der Waals surface area contributed by atoms with E-state index in [1.807, 2.05) is 11.8 Å². The van der Waals surface area contributed by atoms with Crippen LogP contribution in [0.15, 0.2) is 0 Å². The molecule has 0 aromatic heterocycles. The Kier molecular flexibility index (Phi) is 6.38. The van der Waals surface area contributed by atoms with E-state index in [2.05, 4.69) is 13.8 Å². The van der Waals surface area contributed by atoms with E-state index in [9.17, 15) is 4.79 Å². The summed E-state index contributed by atoms with van der Waals surface area (Å²) in [6.45, 7) is 7.62. The summed E-state index contributed by atoms with van der Waals surface area (Å²) < 4.78 is 5.18. The molecule has 1 aliphatic carbocycles. The number of nitrogens with zero attached hydrogens (tertiary/aromatic N) is 1. The largest absolute Gasteiger partial charge is 0.450 e. The van der Waals surface area contributed by atoms with Gasteiger partial charge in [0.2, 0.25) is 0 Å². The fraction of sp³-hybridized carbons (Fsp3) is 0.929. The van der Waals surface area contributed by atoms with Gasteiger partial charge in [-0.15, -0.1) is 0 Å². The molecule has 3 heteroatoms. The summed E-state index contributed by atoms with van der Waals surface area (Å²) in [6, 6.07) is 0.370. The molecule has 1 amide bonds. The van der Waals surface area contributed by atoms with Gasteiger partial charge in [-0.1, -0.05) is 26.7 Å². The highest BCUT2D eigenvalue weighted by atomic mass is 16.6. The number of unbranched alkanes of at least 4 members (excludes halogenated alkanes) is 1. The van der Waals surface area contributed by atoms with E-state index in [1.54, 1.807) is 0 Å². The molecule has 0 saturated heterocycles. The Morgan fingerprint density at radius 1 is 1.35 bits per heavy atom. The van der Waals surface area contributed by atoms with Gasteiger partial charge in [-0.3, -0.25) is 0 Å². The highest BCUT2D eigenvalue weighted by Crippen LogP contribution is 2.31. The Morgan fingerprint density at radius 3 is 2.53 bits per heavy atom. The van der Waals surface area contributed by atoms with E-state index in [1.165, 1.54) is 25.7 Å². The summed E-state index contributed by atoms with van der Waals surface area (Å²) in [7, 11) is 0. The van der Waals surface area contributed by atoms with Crippen molar-refractivity contribution < 1.29 is 9.53 Å². The molecule has 1 saturated carbocycles. The molecule has 1 unspecified atom stereocenters. The minimum Gasteiger partial charge on any atom is -0.450 e. The average Bonchev–Trinajstić information content (AvgIpc) is 3.12. The second-order valence-corrected chi connectivity index (χ2v) is 5.00. The van der Waals surface area contributed by atoms with E-state index in [0.29, 0.717) is 12.6 Å². The van der Waals surface area contributed by atoms with Gasteiger partial charge in [0.25, 0.3) is 0 Å². The quantitative estimate of drug-likeness (QED) is 0.646. The van der Waals surface area contributed by atoms with Gasteiger partial charge < -0.3 is 9.64 Å². The van der Waals surface area contributed by atoms with Crippen LogP contribution in [-0.2, 0) is 4.74 Å². The molecule has 17 heavy (non-hydrogen) atoms. The first-order chi connectivity index (χ1) is 8.22. The summed E-state index contributed by atoms with van der Waals surface area (Å²) in [4.78, 5) is 14.0. The van der Waals surface area contributed by atoms with Crippen LogP contribution in [-0.4, -0.2) is 30.2 Å². The van der Waals surface area contributed by atoms with E-state index in [0.717, 1.165) is 25.3 Å². The maximum Gasteiger partial charge on any atom is 0.410 e. The lowest BCUT2D eigenvalue weighted by atomic mass is 10.1. The molecule has 0 bridgehead atoms. The first-order valence-electron chi connectivity index (χ1n) is 7.16. The van der Waals surface area contributed by atoms with Gasteiger partial charge in [0, 0.05) is 12.6 Å².